The third-order valence-corrected chi connectivity index (χ3v) is 6.20. The van der Waals surface area contributed by atoms with Gasteiger partial charge in [0.05, 0.1) is 12.6 Å². The van der Waals surface area contributed by atoms with Crippen LogP contribution in [-0.4, -0.2) is 6.54 Å². The number of nitrogens with zero attached hydrogens (tertiary/aromatic N) is 3. The molecule has 3 aromatic rings. The van der Waals surface area contributed by atoms with Crippen molar-refractivity contribution >= 4 is 17.5 Å². The van der Waals surface area contributed by atoms with Gasteiger partial charge < -0.3 is 9.64 Å². The van der Waals surface area contributed by atoms with E-state index in [-0.39, 0.29) is 11.8 Å². The fourth-order valence-electron chi connectivity index (χ4n) is 4.52. The van der Waals surface area contributed by atoms with Gasteiger partial charge in [0.1, 0.15) is 11.9 Å². The van der Waals surface area contributed by atoms with Crippen LogP contribution in [0.5, 0.6) is 0 Å². The molecule has 0 aromatic heterocycles. The number of nitriles is 1. The molecule has 0 fully saturated rings. The molecule has 164 valence electrons. The predicted octanol–water partition coefficient (Wildman–Crippen LogP) is 7.14. The van der Waals surface area contributed by atoms with Crippen LogP contribution in [0.4, 0.5) is 11.4 Å². The van der Waals surface area contributed by atoms with Crippen molar-refractivity contribution in [1.29, 1.82) is 5.26 Å². The highest BCUT2D eigenvalue weighted by Crippen LogP contribution is 2.37. The molecule has 0 radical (unpaired) electrons. The SMILES string of the molecule is [C-]#[N+]C(C#N)=C1C=C(C=Cc2ccc3c(c2)CCN3c2ccccc2)OC(c2ccccc2)C1. The molecule has 4 nitrogen and oxygen atoms in total. The number of para-hydroxylation sites is 1. The highest BCUT2D eigenvalue weighted by Gasteiger charge is 2.23. The van der Waals surface area contributed by atoms with Gasteiger partial charge >= 0.3 is 0 Å². The molecular formula is C30H23N3O. The van der Waals surface area contributed by atoms with Crippen LogP contribution in [0.2, 0.25) is 0 Å². The first-order valence-corrected chi connectivity index (χ1v) is 11.3. The van der Waals surface area contributed by atoms with Gasteiger partial charge in [-0.1, -0.05) is 60.7 Å². The summed E-state index contributed by atoms with van der Waals surface area (Å²) in [5, 5.41) is 9.41. The number of anilines is 2. The van der Waals surface area contributed by atoms with Crippen LogP contribution in [0.1, 0.15) is 29.2 Å². The van der Waals surface area contributed by atoms with Gasteiger partial charge in [0.25, 0.3) is 5.70 Å². The summed E-state index contributed by atoms with van der Waals surface area (Å²) in [5.41, 5.74) is 6.74. The zero-order chi connectivity index (χ0) is 23.3. The second-order valence-corrected chi connectivity index (χ2v) is 8.32. The van der Waals surface area contributed by atoms with Crippen LogP contribution >= 0.6 is 0 Å². The minimum Gasteiger partial charge on any atom is -0.485 e. The van der Waals surface area contributed by atoms with Crippen molar-refractivity contribution in [2.45, 2.75) is 18.9 Å². The van der Waals surface area contributed by atoms with E-state index in [0.29, 0.717) is 17.8 Å². The lowest BCUT2D eigenvalue weighted by Crippen LogP contribution is -2.12. The average Bonchev–Trinajstić information content (AvgIpc) is 3.32. The summed E-state index contributed by atoms with van der Waals surface area (Å²) in [7, 11) is 0. The van der Waals surface area contributed by atoms with Gasteiger partial charge in [-0.3, -0.25) is 0 Å². The topological polar surface area (TPSA) is 40.6 Å². The molecule has 1 atom stereocenters. The van der Waals surface area contributed by atoms with Crippen LogP contribution in [0, 0.1) is 17.9 Å². The van der Waals surface area contributed by atoms with Crippen LogP contribution in [0.3, 0.4) is 0 Å². The number of allylic oxidation sites excluding steroid dienone is 3. The molecule has 2 heterocycles. The van der Waals surface area contributed by atoms with Gasteiger partial charge in [-0.05, 0) is 65.1 Å². The lowest BCUT2D eigenvalue weighted by molar-refractivity contribution is 0.118. The molecule has 0 saturated heterocycles. The molecule has 1 unspecified atom stereocenters. The van der Waals surface area contributed by atoms with E-state index in [4.69, 9.17) is 11.3 Å². The number of hydrogen-bond donors (Lipinski definition) is 0. The Morgan fingerprint density at radius 3 is 2.53 bits per heavy atom. The zero-order valence-electron chi connectivity index (χ0n) is 18.7. The molecule has 0 N–H and O–H groups in total. The monoisotopic (exact) mass is 441 g/mol. The average molecular weight is 442 g/mol. The lowest BCUT2D eigenvalue weighted by Gasteiger charge is -2.25. The molecule has 0 amide bonds. The molecule has 34 heavy (non-hydrogen) atoms. The van der Waals surface area contributed by atoms with E-state index in [1.54, 1.807) is 0 Å². The summed E-state index contributed by atoms with van der Waals surface area (Å²) in [6, 6.07) is 28.9. The Morgan fingerprint density at radius 2 is 1.79 bits per heavy atom. The summed E-state index contributed by atoms with van der Waals surface area (Å²) < 4.78 is 6.25. The maximum absolute atomic E-state index is 9.41. The maximum Gasteiger partial charge on any atom is 0.265 e. The minimum atomic E-state index is -0.231. The second kappa shape index (κ2) is 9.53. The lowest BCUT2D eigenvalue weighted by atomic mass is 9.97. The number of benzene rings is 3. The molecule has 0 spiro atoms. The van der Waals surface area contributed by atoms with Crippen molar-refractivity contribution in [2.24, 2.45) is 0 Å². The number of fused-ring (bicyclic) bond motifs is 1. The third-order valence-electron chi connectivity index (χ3n) is 6.20. The quantitative estimate of drug-likeness (QED) is 0.319. The minimum absolute atomic E-state index is 0.119. The van der Waals surface area contributed by atoms with Crippen LogP contribution in [0.25, 0.3) is 10.9 Å². The summed E-state index contributed by atoms with van der Waals surface area (Å²) in [4.78, 5) is 5.77. The van der Waals surface area contributed by atoms with E-state index < -0.39 is 0 Å². The van der Waals surface area contributed by atoms with Gasteiger partial charge in [0.2, 0.25) is 0 Å². The van der Waals surface area contributed by atoms with Crippen LogP contribution in [-0.2, 0) is 11.2 Å². The Kier molecular flexibility index (Phi) is 5.97. The highest BCUT2D eigenvalue weighted by atomic mass is 16.5. The number of ether oxygens (including phenoxy) is 1. The van der Waals surface area contributed by atoms with E-state index in [1.807, 2.05) is 60.7 Å². The number of hydrogen-bond acceptors (Lipinski definition) is 3. The molecule has 3 aromatic carbocycles. The molecule has 0 aliphatic carbocycles. The van der Waals surface area contributed by atoms with E-state index in [0.717, 1.165) is 24.1 Å². The second-order valence-electron chi connectivity index (χ2n) is 8.32. The Labute approximate surface area is 200 Å². The van der Waals surface area contributed by atoms with Gasteiger partial charge in [-0.25, -0.2) is 10.1 Å². The first-order chi connectivity index (χ1) is 16.7. The fourth-order valence-corrected chi connectivity index (χ4v) is 4.52. The largest absolute Gasteiger partial charge is 0.485 e. The Balaban J connectivity index is 1.41. The first kappa shape index (κ1) is 21.3. The molecule has 2 aliphatic heterocycles. The van der Waals surface area contributed by atoms with Crippen molar-refractivity contribution < 1.29 is 4.74 Å². The molecule has 5 rings (SSSR count). The van der Waals surface area contributed by atoms with E-state index in [1.165, 1.54) is 16.9 Å². The Bertz CT molecular complexity index is 1360. The van der Waals surface area contributed by atoms with Crippen molar-refractivity contribution in [1.82, 2.24) is 0 Å². The van der Waals surface area contributed by atoms with E-state index in [2.05, 4.69) is 52.2 Å². The smallest absolute Gasteiger partial charge is 0.265 e. The maximum atomic E-state index is 9.41. The molecule has 0 saturated carbocycles. The Morgan fingerprint density at radius 1 is 1.03 bits per heavy atom. The van der Waals surface area contributed by atoms with E-state index >= 15 is 0 Å². The van der Waals surface area contributed by atoms with Crippen molar-refractivity contribution in [3.63, 3.8) is 0 Å². The molecule has 2 aliphatic rings. The summed E-state index contributed by atoms with van der Waals surface area (Å²) in [6.45, 7) is 8.34. The third kappa shape index (κ3) is 4.35. The Hall–Kier alpha value is -4.54. The molecule has 4 heteroatoms. The van der Waals surface area contributed by atoms with Crippen molar-refractivity contribution in [3.8, 4) is 6.07 Å². The molecule has 0 bridgehead atoms. The normalized spacial score (nSPS) is 18.5. The highest BCUT2D eigenvalue weighted by molar-refractivity contribution is 5.72. The zero-order valence-corrected chi connectivity index (χ0v) is 18.7. The van der Waals surface area contributed by atoms with E-state index in [9.17, 15) is 5.26 Å². The summed E-state index contributed by atoms with van der Waals surface area (Å²) in [6.07, 6.45) is 7.05. The van der Waals surface area contributed by atoms with Gasteiger partial charge in [0, 0.05) is 24.3 Å². The first-order valence-electron chi connectivity index (χ1n) is 11.3. The van der Waals surface area contributed by atoms with Gasteiger partial charge in [0.15, 0.2) is 0 Å². The summed E-state index contributed by atoms with van der Waals surface area (Å²) in [5.74, 6) is 0.651. The van der Waals surface area contributed by atoms with Crippen LogP contribution < -0.4 is 4.90 Å². The fraction of sp³-hybridized carbons (Fsp3) is 0.133. The van der Waals surface area contributed by atoms with Gasteiger partial charge in [-0.15, -0.1) is 0 Å². The standard InChI is InChI=1S/C30H23N3O/c1-32-28(21-31)25-19-27(34-30(20-25)23-8-4-2-5-9-23)14-12-22-13-15-29-24(18-22)16-17-33(29)26-10-6-3-7-11-26/h2-15,18-19,30H,16-17,20H2. The molecular weight excluding hydrogens is 418 g/mol. The van der Waals surface area contributed by atoms with Crippen LogP contribution in [0.15, 0.2) is 108 Å². The summed E-state index contributed by atoms with van der Waals surface area (Å²) >= 11 is 0. The number of rotatable bonds is 4. The predicted molar refractivity (Wildman–Crippen MR) is 135 cm³/mol. The van der Waals surface area contributed by atoms with Crippen molar-refractivity contribution in [2.75, 3.05) is 11.4 Å². The van der Waals surface area contributed by atoms with Crippen molar-refractivity contribution in [3.05, 3.63) is 136 Å². The van der Waals surface area contributed by atoms with Gasteiger partial charge in [-0.2, -0.15) is 0 Å².